The van der Waals surface area contributed by atoms with Gasteiger partial charge in [0.1, 0.15) is 17.2 Å². The van der Waals surface area contributed by atoms with Crippen molar-refractivity contribution < 1.29 is 9.66 Å². The molecule has 0 spiro atoms. The van der Waals surface area contributed by atoms with E-state index >= 15 is 0 Å². The molecule has 0 bridgehead atoms. The van der Waals surface area contributed by atoms with E-state index in [1.54, 1.807) is 13.8 Å². The van der Waals surface area contributed by atoms with Crippen molar-refractivity contribution >= 4 is 17.3 Å². The fourth-order valence-corrected chi connectivity index (χ4v) is 1.81. The molecule has 98 valence electrons. The Hall–Kier alpha value is -2.21. The van der Waals surface area contributed by atoms with Crippen LogP contribution >= 0.6 is 11.6 Å². The minimum absolute atomic E-state index is 0.0306. The number of aryl methyl sites for hydroxylation is 2. The maximum Gasteiger partial charge on any atom is 0.270 e. The van der Waals surface area contributed by atoms with Gasteiger partial charge in [0.05, 0.1) is 4.92 Å². The number of halogens is 1. The van der Waals surface area contributed by atoms with Crippen molar-refractivity contribution in [1.82, 2.24) is 9.97 Å². The highest BCUT2D eigenvalue weighted by molar-refractivity contribution is 6.29. The van der Waals surface area contributed by atoms with Crippen molar-refractivity contribution in [3.05, 3.63) is 50.9 Å². The summed E-state index contributed by atoms with van der Waals surface area (Å²) in [5, 5.41) is 11.0. The fraction of sp³-hybridized carbons (Fsp3) is 0.167. The summed E-state index contributed by atoms with van der Waals surface area (Å²) in [6.45, 7) is 3.47. The molecule has 6 nitrogen and oxygen atoms in total. The third-order valence-corrected chi connectivity index (χ3v) is 2.68. The average Bonchev–Trinajstić information content (AvgIpc) is 2.33. The van der Waals surface area contributed by atoms with Crippen molar-refractivity contribution in [3.8, 4) is 11.6 Å². The van der Waals surface area contributed by atoms with Crippen LogP contribution in [0.5, 0.6) is 11.6 Å². The zero-order chi connectivity index (χ0) is 14.0. The van der Waals surface area contributed by atoms with E-state index in [2.05, 4.69) is 9.97 Å². The van der Waals surface area contributed by atoms with Gasteiger partial charge in [-0.15, -0.1) is 0 Å². The van der Waals surface area contributed by atoms with Crippen LogP contribution in [0.25, 0.3) is 0 Å². The Bertz CT molecular complexity index is 623. The molecule has 1 aromatic carbocycles. The maximum absolute atomic E-state index is 10.7. The number of hydrogen-bond acceptors (Lipinski definition) is 5. The van der Waals surface area contributed by atoms with Gasteiger partial charge in [-0.05, 0) is 25.0 Å². The number of nitro benzene ring substituents is 1. The van der Waals surface area contributed by atoms with E-state index in [-0.39, 0.29) is 10.8 Å². The van der Waals surface area contributed by atoms with Crippen molar-refractivity contribution in [1.29, 1.82) is 0 Å². The molecular formula is C12H10ClN3O3. The van der Waals surface area contributed by atoms with Crippen molar-refractivity contribution in [2.45, 2.75) is 13.8 Å². The third kappa shape index (κ3) is 2.97. The second kappa shape index (κ2) is 5.19. The predicted molar refractivity (Wildman–Crippen MR) is 69.7 cm³/mol. The predicted octanol–water partition coefficient (Wildman–Crippen LogP) is 3.45. The Morgan fingerprint density at radius 2 is 1.84 bits per heavy atom. The van der Waals surface area contributed by atoms with E-state index in [0.717, 1.165) is 0 Å². The van der Waals surface area contributed by atoms with Gasteiger partial charge in [0.25, 0.3) is 5.69 Å². The molecule has 0 aliphatic carbocycles. The van der Waals surface area contributed by atoms with Gasteiger partial charge in [0.15, 0.2) is 0 Å². The number of hydrogen-bond donors (Lipinski definition) is 0. The molecule has 7 heteroatoms. The highest BCUT2D eigenvalue weighted by atomic mass is 35.5. The van der Waals surface area contributed by atoms with Crippen molar-refractivity contribution in [3.63, 3.8) is 0 Å². The van der Waals surface area contributed by atoms with Gasteiger partial charge < -0.3 is 4.74 Å². The van der Waals surface area contributed by atoms with Crippen LogP contribution in [0.1, 0.15) is 11.1 Å². The van der Waals surface area contributed by atoms with Crippen LogP contribution < -0.4 is 4.74 Å². The summed E-state index contributed by atoms with van der Waals surface area (Å²) in [5.74, 6) is 0.820. The monoisotopic (exact) mass is 279 g/mol. The summed E-state index contributed by atoms with van der Waals surface area (Å²) in [6, 6.07) is 4.37. The molecule has 1 aromatic heterocycles. The zero-order valence-corrected chi connectivity index (χ0v) is 11.0. The minimum atomic E-state index is -0.439. The van der Waals surface area contributed by atoms with Crippen molar-refractivity contribution in [2.75, 3.05) is 0 Å². The Kier molecular flexibility index (Phi) is 3.62. The van der Waals surface area contributed by atoms with E-state index in [1.165, 1.54) is 24.5 Å². The lowest BCUT2D eigenvalue weighted by atomic mass is 10.1. The molecule has 0 aliphatic heterocycles. The Labute approximate surface area is 114 Å². The number of aromatic nitrogens is 2. The Morgan fingerprint density at radius 1 is 1.21 bits per heavy atom. The maximum atomic E-state index is 10.7. The van der Waals surface area contributed by atoms with Gasteiger partial charge in [0, 0.05) is 18.2 Å². The largest absolute Gasteiger partial charge is 0.438 e. The second-order valence-corrected chi connectivity index (χ2v) is 4.33. The van der Waals surface area contributed by atoms with E-state index in [0.29, 0.717) is 22.8 Å². The highest BCUT2D eigenvalue weighted by Gasteiger charge is 2.14. The normalized spacial score (nSPS) is 10.3. The second-order valence-electron chi connectivity index (χ2n) is 3.95. The van der Waals surface area contributed by atoms with Crippen LogP contribution in [0.15, 0.2) is 24.5 Å². The summed E-state index contributed by atoms with van der Waals surface area (Å²) in [7, 11) is 0. The number of ether oxygens (including phenoxy) is 1. The van der Waals surface area contributed by atoms with Crippen LogP contribution in [-0.4, -0.2) is 14.9 Å². The quantitative estimate of drug-likeness (QED) is 0.488. The molecule has 0 aliphatic rings. The lowest BCUT2D eigenvalue weighted by molar-refractivity contribution is -0.385. The first-order chi connectivity index (χ1) is 8.97. The molecule has 2 rings (SSSR count). The molecule has 0 saturated heterocycles. The van der Waals surface area contributed by atoms with E-state index < -0.39 is 4.92 Å². The van der Waals surface area contributed by atoms with Gasteiger partial charge in [-0.25, -0.2) is 9.97 Å². The summed E-state index contributed by atoms with van der Waals surface area (Å²) < 4.78 is 5.60. The minimum Gasteiger partial charge on any atom is -0.438 e. The van der Waals surface area contributed by atoms with Crippen LogP contribution in [0.4, 0.5) is 5.69 Å². The molecule has 1 heterocycles. The van der Waals surface area contributed by atoms with Crippen LogP contribution in [0.2, 0.25) is 5.15 Å². The molecule has 0 atom stereocenters. The van der Waals surface area contributed by atoms with Crippen LogP contribution in [0.3, 0.4) is 0 Å². The number of nitro groups is 1. The summed E-state index contributed by atoms with van der Waals surface area (Å²) in [4.78, 5) is 18.0. The molecule has 0 radical (unpaired) electrons. The smallest absolute Gasteiger partial charge is 0.270 e. The van der Waals surface area contributed by atoms with Gasteiger partial charge in [0.2, 0.25) is 5.88 Å². The van der Waals surface area contributed by atoms with Gasteiger partial charge in [-0.2, -0.15) is 0 Å². The summed E-state index contributed by atoms with van der Waals surface area (Å²) in [5.41, 5.74) is 1.34. The topological polar surface area (TPSA) is 78.2 Å². The molecule has 0 unspecified atom stereocenters. The lowest BCUT2D eigenvalue weighted by Crippen LogP contribution is -1.96. The Morgan fingerprint density at radius 3 is 2.37 bits per heavy atom. The molecular weight excluding hydrogens is 270 g/mol. The van der Waals surface area contributed by atoms with Crippen LogP contribution in [-0.2, 0) is 0 Å². The molecule has 0 fully saturated rings. The Balaban J connectivity index is 2.38. The first-order valence-corrected chi connectivity index (χ1v) is 5.76. The van der Waals surface area contributed by atoms with Crippen LogP contribution in [0, 0.1) is 24.0 Å². The highest BCUT2D eigenvalue weighted by Crippen LogP contribution is 2.31. The van der Waals surface area contributed by atoms with E-state index in [4.69, 9.17) is 16.3 Å². The van der Waals surface area contributed by atoms with E-state index in [1.807, 2.05) is 0 Å². The van der Waals surface area contributed by atoms with Crippen molar-refractivity contribution in [2.24, 2.45) is 0 Å². The molecule has 0 amide bonds. The molecule has 0 saturated carbocycles. The third-order valence-electron chi connectivity index (χ3n) is 2.47. The van der Waals surface area contributed by atoms with Gasteiger partial charge in [-0.1, -0.05) is 11.6 Å². The first kappa shape index (κ1) is 13.2. The fourth-order valence-electron chi connectivity index (χ4n) is 1.67. The van der Waals surface area contributed by atoms with Gasteiger partial charge in [-0.3, -0.25) is 10.1 Å². The molecule has 0 N–H and O–H groups in total. The molecule has 19 heavy (non-hydrogen) atoms. The number of rotatable bonds is 3. The molecule has 2 aromatic rings. The number of non-ortho nitro benzene ring substituents is 1. The zero-order valence-electron chi connectivity index (χ0n) is 10.3. The number of benzene rings is 1. The SMILES string of the molecule is Cc1cc([N+](=O)[O-])cc(C)c1Oc1cc(Cl)ncn1. The number of nitrogens with zero attached hydrogens (tertiary/aromatic N) is 3. The summed E-state index contributed by atoms with van der Waals surface area (Å²) in [6.07, 6.45) is 1.29. The first-order valence-electron chi connectivity index (χ1n) is 5.38. The van der Waals surface area contributed by atoms with Gasteiger partial charge >= 0.3 is 0 Å². The van der Waals surface area contributed by atoms with E-state index in [9.17, 15) is 10.1 Å². The standard InChI is InChI=1S/C12H10ClN3O3/c1-7-3-9(16(17)18)4-8(2)12(7)19-11-5-10(13)14-6-15-11/h3-6H,1-2H3. The average molecular weight is 280 g/mol. The summed E-state index contributed by atoms with van der Waals surface area (Å²) >= 11 is 5.74. The lowest BCUT2D eigenvalue weighted by Gasteiger charge is -2.10.